The predicted octanol–water partition coefficient (Wildman–Crippen LogP) is 1.92. The molecule has 0 aromatic heterocycles. The normalized spacial score (nSPS) is 13.1. The molecule has 0 bridgehead atoms. The third kappa shape index (κ3) is 3.57. The molecule has 0 aliphatic carbocycles. The topological polar surface area (TPSA) is 64.6 Å². The number of hydrogen-bond donors (Lipinski definition) is 1. The smallest absolute Gasteiger partial charge is 0.243 e. The fraction of sp³-hybridized carbons (Fsp3) is 0.500. The SMILES string of the molecule is CCC(C)NS(=O)(=O)c1cc(OC)c(OC)cc1F. The van der Waals surface area contributed by atoms with Gasteiger partial charge in [0.1, 0.15) is 10.7 Å². The van der Waals surface area contributed by atoms with Crippen molar-refractivity contribution in [2.24, 2.45) is 0 Å². The maximum Gasteiger partial charge on any atom is 0.243 e. The number of halogens is 1. The van der Waals surface area contributed by atoms with Crippen LogP contribution in [0.3, 0.4) is 0 Å². The van der Waals surface area contributed by atoms with Gasteiger partial charge < -0.3 is 9.47 Å². The van der Waals surface area contributed by atoms with Gasteiger partial charge in [0.2, 0.25) is 10.0 Å². The first kappa shape index (κ1) is 15.7. The van der Waals surface area contributed by atoms with Crippen molar-refractivity contribution in [3.05, 3.63) is 17.9 Å². The zero-order chi connectivity index (χ0) is 14.6. The molecule has 0 amide bonds. The van der Waals surface area contributed by atoms with Gasteiger partial charge in [-0.1, -0.05) is 6.92 Å². The number of benzene rings is 1. The summed E-state index contributed by atoms with van der Waals surface area (Å²) < 4.78 is 50.2. The van der Waals surface area contributed by atoms with Crippen LogP contribution in [0.15, 0.2) is 17.0 Å². The lowest BCUT2D eigenvalue weighted by molar-refractivity contribution is 0.350. The van der Waals surface area contributed by atoms with Gasteiger partial charge in [0, 0.05) is 18.2 Å². The first-order chi connectivity index (χ1) is 8.85. The summed E-state index contributed by atoms with van der Waals surface area (Å²) in [4.78, 5) is -0.453. The highest BCUT2D eigenvalue weighted by molar-refractivity contribution is 7.89. The molecule has 0 spiro atoms. The highest BCUT2D eigenvalue weighted by Crippen LogP contribution is 2.31. The number of methoxy groups -OCH3 is 2. The fourth-order valence-electron chi connectivity index (χ4n) is 1.45. The van der Waals surface area contributed by atoms with Gasteiger partial charge in [0.05, 0.1) is 14.2 Å². The average Bonchev–Trinajstić information content (AvgIpc) is 2.37. The first-order valence-electron chi connectivity index (χ1n) is 5.79. The van der Waals surface area contributed by atoms with Crippen LogP contribution in [0.5, 0.6) is 11.5 Å². The van der Waals surface area contributed by atoms with Gasteiger partial charge in [-0.2, -0.15) is 0 Å². The summed E-state index contributed by atoms with van der Waals surface area (Å²) in [5.41, 5.74) is 0. The monoisotopic (exact) mass is 291 g/mol. The average molecular weight is 291 g/mol. The van der Waals surface area contributed by atoms with Crippen LogP contribution in [0.4, 0.5) is 4.39 Å². The number of sulfonamides is 1. The third-order valence-electron chi connectivity index (χ3n) is 2.70. The molecule has 0 heterocycles. The Morgan fingerprint density at radius 2 is 1.79 bits per heavy atom. The molecule has 0 aliphatic rings. The van der Waals surface area contributed by atoms with E-state index in [2.05, 4.69) is 4.72 Å². The van der Waals surface area contributed by atoms with Crippen LogP contribution < -0.4 is 14.2 Å². The molecule has 1 unspecified atom stereocenters. The molecule has 0 radical (unpaired) electrons. The van der Waals surface area contributed by atoms with Gasteiger partial charge in [0.15, 0.2) is 11.5 Å². The van der Waals surface area contributed by atoms with Crippen molar-refractivity contribution >= 4 is 10.0 Å². The largest absolute Gasteiger partial charge is 0.493 e. The van der Waals surface area contributed by atoms with Crippen molar-refractivity contribution in [1.29, 1.82) is 0 Å². The predicted molar refractivity (Wildman–Crippen MR) is 69.6 cm³/mol. The summed E-state index contributed by atoms with van der Waals surface area (Å²) in [6.45, 7) is 3.54. The first-order valence-corrected chi connectivity index (χ1v) is 7.27. The highest BCUT2D eigenvalue weighted by atomic mass is 32.2. The lowest BCUT2D eigenvalue weighted by Crippen LogP contribution is -2.32. The van der Waals surface area contributed by atoms with Crippen LogP contribution in [-0.2, 0) is 10.0 Å². The van der Waals surface area contributed by atoms with Crippen LogP contribution >= 0.6 is 0 Å². The molecule has 1 atom stereocenters. The van der Waals surface area contributed by atoms with Crippen LogP contribution in [0.25, 0.3) is 0 Å². The Bertz CT molecular complexity index is 545. The number of nitrogens with one attached hydrogen (secondary N) is 1. The molecule has 0 aliphatic heterocycles. The van der Waals surface area contributed by atoms with Crippen LogP contribution in [0.1, 0.15) is 20.3 Å². The van der Waals surface area contributed by atoms with E-state index >= 15 is 0 Å². The van der Waals surface area contributed by atoms with Crippen molar-refractivity contribution in [2.45, 2.75) is 31.2 Å². The zero-order valence-corrected chi connectivity index (χ0v) is 12.2. The molecular formula is C12H18FNO4S. The van der Waals surface area contributed by atoms with Gasteiger partial charge in [-0.25, -0.2) is 17.5 Å². The molecule has 1 aromatic carbocycles. The number of ether oxygens (including phenoxy) is 2. The van der Waals surface area contributed by atoms with Gasteiger partial charge in [-0.05, 0) is 13.3 Å². The number of rotatable bonds is 6. The number of hydrogen-bond acceptors (Lipinski definition) is 4. The molecule has 1 rings (SSSR count). The van der Waals surface area contributed by atoms with E-state index in [-0.39, 0.29) is 17.5 Å². The highest BCUT2D eigenvalue weighted by Gasteiger charge is 2.23. The lowest BCUT2D eigenvalue weighted by atomic mass is 10.3. The second-order valence-electron chi connectivity index (χ2n) is 4.07. The van der Waals surface area contributed by atoms with Gasteiger partial charge in [-0.3, -0.25) is 0 Å². The summed E-state index contributed by atoms with van der Waals surface area (Å²) in [5.74, 6) is -0.579. The van der Waals surface area contributed by atoms with E-state index in [1.807, 2.05) is 6.92 Å². The standard InChI is InChI=1S/C12H18FNO4S/c1-5-8(2)14-19(15,16)12-7-11(18-4)10(17-3)6-9(12)13/h6-8,14H,5H2,1-4H3. The maximum absolute atomic E-state index is 13.8. The van der Waals surface area contributed by atoms with Crippen molar-refractivity contribution in [2.75, 3.05) is 14.2 Å². The maximum atomic E-state index is 13.8. The molecule has 0 fully saturated rings. The third-order valence-corrected chi connectivity index (χ3v) is 4.30. The fourth-order valence-corrected chi connectivity index (χ4v) is 2.85. The lowest BCUT2D eigenvalue weighted by Gasteiger charge is -2.14. The van der Waals surface area contributed by atoms with Crippen LogP contribution in [-0.4, -0.2) is 28.7 Å². The second-order valence-corrected chi connectivity index (χ2v) is 5.75. The molecule has 108 valence electrons. The molecule has 19 heavy (non-hydrogen) atoms. The van der Waals surface area contributed by atoms with Gasteiger partial charge in [-0.15, -0.1) is 0 Å². The molecule has 0 saturated heterocycles. The van der Waals surface area contributed by atoms with Crippen LogP contribution in [0.2, 0.25) is 0 Å². The minimum Gasteiger partial charge on any atom is -0.493 e. The molecule has 1 aromatic rings. The van der Waals surface area contributed by atoms with Crippen molar-refractivity contribution in [3.63, 3.8) is 0 Å². The molecule has 7 heteroatoms. The Labute approximate surface area is 112 Å². The Morgan fingerprint density at radius 3 is 2.26 bits per heavy atom. The minimum atomic E-state index is -3.92. The summed E-state index contributed by atoms with van der Waals surface area (Å²) in [7, 11) is -1.21. The van der Waals surface area contributed by atoms with E-state index in [9.17, 15) is 12.8 Å². The minimum absolute atomic E-state index is 0.141. The zero-order valence-electron chi connectivity index (χ0n) is 11.4. The second kappa shape index (κ2) is 6.21. The van der Waals surface area contributed by atoms with E-state index in [4.69, 9.17) is 9.47 Å². The van der Waals surface area contributed by atoms with Crippen molar-refractivity contribution in [1.82, 2.24) is 4.72 Å². The Morgan fingerprint density at radius 1 is 1.26 bits per heavy atom. The molecule has 5 nitrogen and oxygen atoms in total. The Kier molecular flexibility index (Phi) is 5.13. The summed E-state index contributed by atoms with van der Waals surface area (Å²) in [5, 5.41) is 0. The van der Waals surface area contributed by atoms with Crippen molar-refractivity contribution in [3.8, 4) is 11.5 Å². The van der Waals surface area contributed by atoms with E-state index < -0.39 is 20.7 Å². The summed E-state index contributed by atoms with van der Waals surface area (Å²) >= 11 is 0. The quantitative estimate of drug-likeness (QED) is 0.869. The molecule has 1 N–H and O–H groups in total. The van der Waals surface area contributed by atoms with E-state index in [0.29, 0.717) is 6.42 Å². The summed E-state index contributed by atoms with van der Waals surface area (Å²) in [6.07, 6.45) is 0.605. The van der Waals surface area contributed by atoms with Crippen molar-refractivity contribution < 1.29 is 22.3 Å². The van der Waals surface area contributed by atoms with Gasteiger partial charge >= 0.3 is 0 Å². The van der Waals surface area contributed by atoms with E-state index in [0.717, 1.165) is 12.1 Å². The Hall–Kier alpha value is -1.34. The summed E-state index contributed by atoms with van der Waals surface area (Å²) in [6, 6.07) is 1.82. The Balaban J connectivity index is 3.27. The van der Waals surface area contributed by atoms with Gasteiger partial charge in [0.25, 0.3) is 0 Å². The van der Waals surface area contributed by atoms with Crippen LogP contribution in [0, 0.1) is 5.82 Å². The van der Waals surface area contributed by atoms with E-state index in [1.54, 1.807) is 6.92 Å². The molecule has 0 saturated carbocycles. The molecular weight excluding hydrogens is 273 g/mol. The van der Waals surface area contributed by atoms with E-state index in [1.165, 1.54) is 14.2 Å².